The van der Waals surface area contributed by atoms with Crippen molar-refractivity contribution >= 4 is 9.84 Å². The molecule has 1 rings (SSSR count). The fourth-order valence-corrected chi connectivity index (χ4v) is 2.26. The molecule has 3 heteroatoms. The highest BCUT2D eigenvalue weighted by molar-refractivity contribution is 7.93. The minimum atomic E-state index is -3.17. The van der Waals surface area contributed by atoms with Gasteiger partial charge in [0.05, 0.1) is 10.6 Å². The van der Waals surface area contributed by atoms with E-state index < -0.39 is 9.84 Å². The number of rotatable bonds is 2. The second kappa shape index (κ2) is 3.50. The van der Waals surface area contributed by atoms with Gasteiger partial charge in [-0.05, 0) is 32.4 Å². The first-order valence-electron chi connectivity index (χ1n) is 4.09. The normalized spacial score (nSPS) is 11.6. The van der Waals surface area contributed by atoms with Gasteiger partial charge in [0, 0.05) is 0 Å². The fourth-order valence-electron chi connectivity index (χ4n) is 1.25. The molecule has 1 radical (unpaired) electrons. The van der Waals surface area contributed by atoms with Crippen molar-refractivity contribution in [1.82, 2.24) is 0 Å². The van der Waals surface area contributed by atoms with Gasteiger partial charge in [-0.15, -0.1) is 0 Å². The van der Waals surface area contributed by atoms with Crippen LogP contribution >= 0.6 is 0 Å². The van der Waals surface area contributed by atoms with Crippen molar-refractivity contribution in [1.29, 1.82) is 0 Å². The fraction of sp³-hybridized carbons (Fsp3) is 0.300. The molecule has 0 saturated carbocycles. The van der Waals surface area contributed by atoms with Crippen molar-refractivity contribution in [3.63, 3.8) is 0 Å². The molecule has 0 aliphatic rings. The molecule has 0 aliphatic heterocycles. The predicted octanol–water partition coefficient (Wildman–Crippen LogP) is 2.26. The van der Waals surface area contributed by atoms with Gasteiger partial charge in [-0.1, -0.05) is 17.7 Å². The average Bonchev–Trinajstić information content (AvgIpc) is 2.03. The highest BCUT2D eigenvalue weighted by atomic mass is 32.2. The Morgan fingerprint density at radius 1 is 1.23 bits per heavy atom. The molecule has 0 fully saturated rings. The van der Waals surface area contributed by atoms with Crippen LogP contribution in [0.25, 0.3) is 0 Å². The van der Waals surface area contributed by atoms with Crippen LogP contribution in [0, 0.1) is 19.6 Å². The molecule has 0 N–H and O–H groups in total. The predicted molar refractivity (Wildman–Crippen MR) is 53.1 cm³/mol. The van der Waals surface area contributed by atoms with E-state index in [4.69, 9.17) is 0 Å². The lowest BCUT2D eigenvalue weighted by Crippen LogP contribution is -2.01. The van der Waals surface area contributed by atoms with E-state index >= 15 is 0 Å². The molecule has 0 unspecified atom stereocenters. The largest absolute Gasteiger partial charge is 0.223 e. The third kappa shape index (κ3) is 2.10. The van der Waals surface area contributed by atoms with E-state index in [0.29, 0.717) is 4.90 Å². The Hall–Kier alpha value is -0.830. The number of sulfone groups is 1. The Morgan fingerprint density at radius 2 is 1.85 bits per heavy atom. The maximum atomic E-state index is 11.5. The number of hydrogen-bond acceptors (Lipinski definition) is 2. The summed E-state index contributed by atoms with van der Waals surface area (Å²) in [6.45, 7) is 5.29. The summed E-state index contributed by atoms with van der Waals surface area (Å²) in [4.78, 5) is 0.403. The molecule has 0 atom stereocenters. The van der Waals surface area contributed by atoms with Gasteiger partial charge in [-0.25, -0.2) is 8.42 Å². The smallest absolute Gasteiger partial charge is 0.182 e. The maximum Gasteiger partial charge on any atom is 0.182 e. The molecule has 0 heterocycles. The highest BCUT2D eigenvalue weighted by Gasteiger charge is 2.13. The quantitative estimate of drug-likeness (QED) is 0.728. The molecule has 0 aromatic heterocycles. The summed E-state index contributed by atoms with van der Waals surface area (Å²) < 4.78 is 23.0. The Kier molecular flexibility index (Phi) is 2.76. The lowest BCUT2D eigenvalue weighted by molar-refractivity contribution is 0.601. The summed E-state index contributed by atoms with van der Waals surface area (Å²) in [6.07, 6.45) is 0. The summed E-state index contributed by atoms with van der Waals surface area (Å²) in [5, 5.41) is 0. The molecule has 0 spiro atoms. The topological polar surface area (TPSA) is 34.1 Å². The first-order valence-corrected chi connectivity index (χ1v) is 5.63. The van der Waals surface area contributed by atoms with Crippen LogP contribution in [0.1, 0.15) is 18.1 Å². The van der Waals surface area contributed by atoms with E-state index in [1.807, 2.05) is 26.0 Å². The van der Waals surface area contributed by atoms with Crippen LogP contribution in [0.15, 0.2) is 23.1 Å². The van der Waals surface area contributed by atoms with Gasteiger partial charge in [-0.3, -0.25) is 0 Å². The van der Waals surface area contributed by atoms with E-state index in [0.717, 1.165) is 11.1 Å². The number of benzene rings is 1. The first-order chi connectivity index (χ1) is 5.97. The average molecular weight is 197 g/mol. The lowest BCUT2D eigenvalue weighted by atomic mass is 10.2. The highest BCUT2D eigenvalue weighted by Crippen LogP contribution is 2.18. The van der Waals surface area contributed by atoms with Crippen molar-refractivity contribution in [3.05, 3.63) is 35.1 Å². The van der Waals surface area contributed by atoms with Crippen molar-refractivity contribution in [2.24, 2.45) is 0 Å². The second-order valence-electron chi connectivity index (χ2n) is 3.05. The molecular weight excluding hydrogens is 184 g/mol. The monoisotopic (exact) mass is 197 g/mol. The van der Waals surface area contributed by atoms with Crippen molar-refractivity contribution in [3.8, 4) is 0 Å². The molecule has 2 nitrogen and oxygen atoms in total. The van der Waals surface area contributed by atoms with E-state index in [2.05, 4.69) is 0 Å². The summed E-state index contributed by atoms with van der Waals surface area (Å²) in [5.41, 5.74) is 1.88. The SMILES string of the molecule is C[CH]S(=O)(=O)c1ccc(C)cc1C. The van der Waals surface area contributed by atoms with E-state index in [9.17, 15) is 8.42 Å². The van der Waals surface area contributed by atoms with Gasteiger partial charge < -0.3 is 0 Å². The van der Waals surface area contributed by atoms with Crippen LogP contribution in [-0.2, 0) is 9.84 Å². The summed E-state index contributed by atoms with van der Waals surface area (Å²) >= 11 is 0. The van der Waals surface area contributed by atoms with Gasteiger partial charge in [0.15, 0.2) is 9.84 Å². The van der Waals surface area contributed by atoms with Gasteiger partial charge >= 0.3 is 0 Å². The van der Waals surface area contributed by atoms with Crippen LogP contribution in [0.2, 0.25) is 0 Å². The van der Waals surface area contributed by atoms with E-state index in [-0.39, 0.29) is 0 Å². The Bertz CT molecular complexity index is 405. The van der Waals surface area contributed by atoms with Crippen LogP contribution in [0.3, 0.4) is 0 Å². The Balaban J connectivity index is 3.33. The van der Waals surface area contributed by atoms with E-state index in [1.165, 1.54) is 12.7 Å². The van der Waals surface area contributed by atoms with Crippen LogP contribution in [-0.4, -0.2) is 8.42 Å². The maximum absolute atomic E-state index is 11.5. The standard InChI is InChI=1S/C10H13O2S/c1-4-13(11,12)10-6-5-8(2)7-9(10)3/h4-7H,1-3H3. The van der Waals surface area contributed by atoms with Crippen LogP contribution in [0.4, 0.5) is 0 Å². The number of aryl methyl sites for hydroxylation is 2. The molecule has 1 aromatic carbocycles. The Labute approximate surface area is 79.5 Å². The molecule has 0 saturated heterocycles. The molecule has 0 amide bonds. The summed E-state index contributed by atoms with van der Waals surface area (Å²) in [7, 11) is -3.17. The molecule has 71 valence electrons. The van der Waals surface area contributed by atoms with Crippen molar-refractivity contribution < 1.29 is 8.42 Å². The molecule has 0 aliphatic carbocycles. The molecule has 1 aromatic rings. The lowest BCUT2D eigenvalue weighted by Gasteiger charge is -2.05. The van der Waals surface area contributed by atoms with Crippen LogP contribution in [0.5, 0.6) is 0 Å². The van der Waals surface area contributed by atoms with Gasteiger partial charge in [0.2, 0.25) is 0 Å². The van der Waals surface area contributed by atoms with Gasteiger partial charge in [0.25, 0.3) is 0 Å². The minimum Gasteiger partial charge on any atom is -0.223 e. The molecule has 0 bridgehead atoms. The minimum absolute atomic E-state index is 0.403. The third-order valence-electron chi connectivity index (χ3n) is 1.95. The van der Waals surface area contributed by atoms with Crippen LogP contribution < -0.4 is 0 Å². The van der Waals surface area contributed by atoms with Gasteiger partial charge in [0.1, 0.15) is 0 Å². The summed E-state index contributed by atoms with van der Waals surface area (Å²) in [6, 6.07) is 5.33. The zero-order valence-corrected chi connectivity index (χ0v) is 8.85. The first kappa shape index (κ1) is 10.3. The second-order valence-corrected chi connectivity index (χ2v) is 5.05. The van der Waals surface area contributed by atoms with Crippen molar-refractivity contribution in [2.45, 2.75) is 25.7 Å². The molecular formula is C10H13O2S. The van der Waals surface area contributed by atoms with E-state index in [1.54, 1.807) is 6.07 Å². The summed E-state index contributed by atoms with van der Waals surface area (Å²) in [5.74, 6) is 1.23. The van der Waals surface area contributed by atoms with Crippen molar-refractivity contribution in [2.75, 3.05) is 0 Å². The van der Waals surface area contributed by atoms with Gasteiger partial charge in [-0.2, -0.15) is 0 Å². The molecule has 13 heavy (non-hydrogen) atoms. The zero-order chi connectivity index (χ0) is 10.1. The Morgan fingerprint density at radius 3 is 2.31 bits per heavy atom. The zero-order valence-electron chi connectivity index (χ0n) is 8.03. The number of hydrogen-bond donors (Lipinski definition) is 0. The third-order valence-corrected chi connectivity index (χ3v) is 3.64.